The number of aromatic nitrogens is 2. The Balaban J connectivity index is 2.63. The quantitative estimate of drug-likeness (QED) is 0.333. The minimum absolute atomic E-state index is 0.195. The molecular formula is C5H5N3O2S2. The van der Waals surface area contributed by atoms with E-state index in [4.69, 9.17) is 0 Å². The Morgan fingerprint density at radius 2 is 2.42 bits per heavy atom. The summed E-state index contributed by atoms with van der Waals surface area (Å²) in [6.07, 6.45) is 2.05. The van der Waals surface area contributed by atoms with Gasteiger partial charge in [0, 0.05) is 0 Å². The molecule has 7 heteroatoms. The standard InChI is InChI=1S/C5H5N3O2S2/c1-11-5-8-7-4(12-5)6-3(10)2-9/h2H,1H3,(H,6,7,10). The van der Waals surface area contributed by atoms with Crippen LogP contribution < -0.4 is 5.32 Å². The van der Waals surface area contributed by atoms with Crippen LogP contribution in [0.5, 0.6) is 0 Å². The molecule has 0 aliphatic rings. The molecule has 0 aliphatic carbocycles. The molecule has 0 aliphatic heterocycles. The van der Waals surface area contributed by atoms with Crippen molar-refractivity contribution in [1.29, 1.82) is 0 Å². The highest BCUT2D eigenvalue weighted by molar-refractivity contribution is 8.00. The fraction of sp³-hybridized carbons (Fsp3) is 0.200. The molecule has 0 fully saturated rings. The molecule has 1 N–H and O–H groups in total. The highest BCUT2D eigenvalue weighted by atomic mass is 32.2. The zero-order chi connectivity index (χ0) is 8.97. The second-order valence-electron chi connectivity index (χ2n) is 1.68. The first-order valence-electron chi connectivity index (χ1n) is 2.90. The molecular weight excluding hydrogens is 198 g/mol. The maximum atomic E-state index is 10.5. The molecule has 0 aromatic carbocycles. The van der Waals surface area contributed by atoms with Gasteiger partial charge in [-0.15, -0.1) is 10.2 Å². The Hall–Kier alpha value is -0.950. The van der Waals surface area contributed by atoms with Crippen LogP contribution in [0.4, 0.5) is 5.13 Å². The third-order valence-corrected chi connectivity index (χ3v) is 2.73. The summed E-state index contributed by atoms with van der Waals surface area (Å²) in [6.45, 7) is 0. The highest BCUT2D eigenvalue weighted by Gasteiger charge is 2.05. The normalized spacial score (nSPS) is 9.42. The molecule has 0 saturated heterocycles. The summed E-state index contributed by atoms with van der Waals surface area (Å²) in [6, 6.07) is 0. The lowest BCUT2D eigenvalue weighted by atomic mass is 10.7. The number of carbonyl (C=O) groups excluding carboxylic acids is 2. The van der Waals surface area contributed by atoms with Gasteiger partial charge in [0.1, 0.15) is 0 Å². The number of rotatable bonds is 3. The maximum absolute atomic E-state index is 10.5. The molecule has 1 amide bonds. The van der Waals surface area contributed by atoms with Gasteiger partial charge in [0.25, 0.3) is 5.91 Å². The van der Waals surface area contributed by atoms with Crippen molar-refractivity contribution in [2.45, 2.75) is 4.34 Å². The molecule has 12 heavy (non-hydrogen) atoms. The van der Waals surface area contributed by atoms with Crippen molar-refractivity contribution in [2.75, 3.05) is 11.6 Å². The molecule has 0 radical (unpaired) electrons. The molecule has 0 unspecified atom stereocenters. The number of nitrogens with zero attached hydrogens (tertiary/aromatic N) is 2. The summed E-state index contributed by atoms with van der Waals surface area (Å²) in [5.41, 5.74) is 0. The largest absolute Gasteiger partial charge is 0.294 e. The predicted octanol–water partition coefficient (Wildman–Crippen LogP) is 0.397. The second-order valence-corrected chi connectivity index (χ2v) is 3.72. The van der Waals surface area contributed by atoms with Crippen LogP contribution in [0.3, 0.4) is 0 Å². The van der Waals surface area contributed by atoms with Crippen LogP contribution in [-0.2, 0) is 9.59 Å². The van der Waals surface area contributed by atoms with Crippen molar-refractivity contribution in [3.05, 3.63) is 0 Å². The highest BCUT2D eigenvalue weighted by Crippen LogP contribution is 2.22. The van der Waals surface area contributed by atoms with E-state index in [1.165, 1.54) is 23.1 Å². The van der Waals surface area contributed by atoms with Crippen LogP contribution in [-0.4, -0.2) is 28.6 Å². The van der Waals surface area contributed by atoms with Crippen LogP contribution in [0.15, 0.2) is 4.34 Å². The number of hydrogen-bond donors (Lipinski definition) is 1. The van der Waals surface area contributed by atoms with Gasteiger partial charge in [-0.25, -0.2) is 0 Å². The lowest BCUT2D eigenvalue weighted by Gasteiger charge is -1.89. The maximum Gasteiger partial charge on any atom is 0.290 e. The Morgan fingerprint density at radius 3 is 2.92 bits per heavy atom. The van der Waals surface area contributed by atoms with E-state index in [0.29, 0.717) is 5.13 Å². The summed E-state index contributed by atoms with van der Waals surface area (Å²) in [4.78, 5) is 20.5. The Kier molecular flexibility index (Phi) is 3.18. The fourth-order valence-corrected chi connectivity index (χ4v) is 1.65. The van der Waals surface area contributed by atoms with E-state index in [0.717, 1.165) is 4.34 Å². The SMILES string of the molecule is CSc1nnc(NC(=O)C=O)s1. The number of nitrogens with one attached hydrogen (secondary N) is 1. The van der Waals surface area contributed by atoms with Crippen molar-refractivity contribution >= 4 is 40.4 Å². The van der Waals surface area contributed by atoms with E-state index in [9.17, 15) is 9.59 Å². The molecule has 5 nitrogen and oxygen atoms in total. The third-order valence-electron chi connectivity index (χ3n) is 0.918. The molecule has 1 heterocycles. The van der Waals surface area contributed by atoms with Gasteiger partial charge >= 0.3 is 0 Å². The number of amides is 1. The Bertz CT molecular complexity index is 299. The summed E-state index contributed by atoms with van der Waals surface area (Å²) in [5.74, 6) is -0.709. The summed E-state index contributed by atoms with van der Waals surface area (Å²) >= 11 is 2.66. The summed E-state index contributed by atoms with van der Waals surface area (Å²) < 4.78 is 0.746. The predicted molar refractivity (Wildman–Crippen MR) is 46.4 cm³/mol. The van der Waals surface area contributed by atoms with Crippen LogP contribution in [0.25, 0.3) is 0 Å². The molecule has 1 aromatic rings. The Morgan fingerprint density at radius 1 is 1.67 bits per heavy atom. The van der Waals surface area contributed by atoms with E-state index in [1.807, 2.05) is 6.26 Å². The van der Waals surface area contributed by atoms with Crippen molar-refractivity contribution < 1.29 is 9.59 Å². The third kappa shape index (κ3) is 2.28. The summed E-state index contributed by atoms with van der Waals surface area (Å²) in [7, 11) is 0. The van der Waals surface area contributed by atoms with Gasteiger partial charge in [-0.3, -0.25) is 14.9 Å². The van der Waals surface area contributed by atoms with Gasteiger partial charge in [0.15, 0.2) is 4.34 Å². The minimum Gasteiger partial charge on any atom is -0.294 e. The van der Waals surface area contributed by atoms with Gasteiger partial charge in [0.2, 0.25) is 11.4 Å². The lowest BCUT2D eigenvalue weighted by Crippen LogP contribution is -2.11. The molecule has 0 bridgehead atoms. The molecule has 1 aromatic heterocycles. The number of thioether (sulfide) groups is 1. The number of carbonyl (C=O) groups is 2. The van der Waals surface area contributed by atoms with Crippen molar-refractivity contribution in [3.63, 3.8) is 0 Å². The smallest absolute Gasteiger partial charge is 0.290 e. The first-order valence-corrected chi connectivity index (χ1v) is 4.94. The van der Waals surface area contributed by atoms with Crippen molar-refractivity contribution in [3.8, 4) is 0 Å². The zero-order valence-electron chi connectivity index (χ0n) is 6.10. The van der Waals surface area contributed by atoms with Crippen LogP contribution in [0, 0.1) is 0 Å². The van der Waals surface area contributed by atoms with Crippen LogP contribution >= 0.6 is 23.1 Å². The van der Waals surface area contributed by atoms with Gasteiger partial charge in [-0.2, -0.15) is 0 Å². The zero-order valence-corrected chi connectivity index (χ0v) is 7.74. The Labute approximate surface area is 76.6 Å². The van der Waals surface area contributed by atoms with E-state index < -0.39 is 5.91 Å². The van der Waals surface area contributed by atoms with E-state index in [-0.39, 0.29) is 6.29 Å². The van der Waals surface area contributed by atoms with E-state index >= 15 is 0 Å². The topological polar surface area (TPSA) is 72.0 Å². The monoisotopic (exact) mass is 203 g/mol. The lowest BCUT2D eigenvalue weighted by molar-refractivity contribution is -0.127. The minimum atomic E-state index is -0.709. The second kappa shape index (κ2) is 4.17. The first-order chi connectivity index (χ1) is 5.76. The molecule has 0 spiro atoms. The van der Waals surface area contributed by atoms with Gasteiger partial charge < -0.3 is 0 Å². The summed E-state index contributed by atoms with van der Waals surface area (Å²) in [5, 5.41) is 9.97. The average Bonchev–Trinajstić information content (AvgIpc) is 2.52. The average molecular weight is 203 g/mol. The van der Waals surface area contributed by atoms with Gasteiger partial charge in [-0.1, -0.05) is 23.1 Å². The number of anilines is 1. The van der Waals surface area contributed by atoms with Crippen LogP contribution in [0.1, 0.15) is 0 Å². The van der Waals surface area contributed by atoms with Crippen LogP contribution in [0.2, 0.25) is 0 Å². The fourth-order valence-electron chi connectivity index (χ4n) is 0.478. The van der Waals surface area contributed by atoms with Gasteiger partial charge in [0.05, 0.1) is 0 Å². The first kappa shape index (κ1) is 9.14. The molecule has 1 rings (SSSR count). The van der Waals surface area contributed by atoms with Gasteiger partial charge in [-0.05, 0) is 6.26 Å². The molecule has 0 atom stereocenters. The van der Waals surface area contributed by atoms with Crippen molar-refractivity contribution in [2.24, 2.45) is 0 Å². The van der Waals surface area contributed by atoms with E-state index in [1.54, 1.807) is 0 Å². The van der Waals surface area contributed by atoms with Crippen molar-refractivity contribution in [1.82, 2.24) is 10.2 Å². The molecule has 0 saturated carbocycles. The molecule has 64 valence electrons. The number of hydrogen-bond acceptors (Lipinski definition) is 6. The van der Waals surface area contributed by atoms with E-state index in [2.05, 4.69) is 15.5 Å². The number of aldehydes is 1.